The molecule has 2 aromatic carbocycles. The number of amides is 3. The first-order chi connectivity index (χ1) is 14.6. The van der Waals surface area contributed by atoms with Crippen LogP contribution in [0.4, 0.5) is 5.69 Å². The number of para-hydroxylation sites is 1. The molecule has 0 spiro atoms. The second-order valence-electron chi connectivity index (χ2n) is 8.30. The first-order valence-electron chi connectivity index (χ1n) is 10.9. The maximum absolute atomic E-state index is 13.7. The average molecular weight is 405 g/mol. The van der Waals surface area contributed by atoms with Crippen LogP contribution in [0, 0.1) is 6.92 Å². The minimum absolute atomic E-state index is 0.0166. The molecule has 3 amide bonds. The van der Waals surface area contributed by atoms with Gasteiger partial charge in [0.05, 0.1) is 12.1 Å². The summed E-state index contributed by atoms with van der Waals surface area (Å²) in [5, 5.41) is 0. The van der Waals surface area contributed by atoms with Crippen molar-refractivity contribution in [3.8, 4) is 0 Å². The van der Waals surface area contributed by atoms with Crippen molar-refractivity contribution >= 4 is 23.4 Å². The van der Waals surface area contributed by atoms with Crippen molar-refractivity contribution in [1.29, 1.82) is 0 Å². The third-order valence-corrected chi connectivity index (χ3v) is 6.30. The van der Waals surface area contributed by atoms with E-state index >= 15 is 0 Å². The van der Waals surface area contributed by atoms with E-state index in [0.29, 0.717) is 11.3 Å². The molecule has 5 heteroatoms. The average Bonchev–Trinajstić information content (AvgIpc) is 2.91. The highest BCUT2D eigenvalue weighted by Crippen LogP contribution is 2.32. The second-order valence-corrected chi connectivity index (χ2v) is 8.30. The highest BCUT2D eigenvalue weighted by Gasteiger charge is 2.46. The number of carbonyl (C=O) groups is 3. The topological polar surface area (TPSA) is 57.7 Å². The molecule has 5 nitrogen and oxygen atoms in total. The molecule has 2 fully saturated rings. The van der Waals surface area contributed by atoms with Gasteiger partial charge < -0.3 is 4.90 Å². The predicted octanol–water partition coefficient (Wildman–Crippen LogP) is 4.49. The quantitative estimate of drug-likeness (QED) is 0.557. The van der Waals surface area contributed by atoms with Crippen molar-refractivity contribution in [1.82, 2.24) is 4.90 Å². The number of aryl methyl sites for hydroxylation is 1. The van der Waals surface area contributed by atoms with Crippen molar-refractivity contribution in [2.45, 2.75) is 64.0 Å². The van der Waals surface area contributed by atoms with Crippen LogP contribution in [-0.4, -0.2) is 34.7 Å². The molecule has 0 aromatic heterocycles. The maximum Gasteiger partial charge on any atom is 0.257 e. The van der Waals surface area contributed by atoms with E-state index in [4.69, 9.17) is 0 Å². The standard InChI is InChI=1S/C25H28N2O3/c1-18-11-9-10-16-21(18)24(29)26(19-12-5-2-3-6-13-19)22-17-23(28)27(25(22)30)20-14-7-4-8-15-20/h4,7-11,14-16,19,22H,2-3,5-6,12-13,17H2,1H3. The number of carbonyl (C=O) groups excluding carboxylic acids is 3. The van der Waals surface area contributed by atoms with Gasteiger partial charge in [-0.3, -0.25) is 14.4 Å². The number of anilines is 1. The smallest absolute Gasteiger partial charge is 0.257 e. The summed E-state index contributed by atoms with van der Waals surface area (Å²) in [7, 11) is 0. The fraction of sp³-hybridized carbons (Fsp3) is 0.400. The van der Waals surface area contributed by atoms with Crippen LogP contribution in [0.15, 0.2) is 54.6 Å². The Balaban J connectivity index is 1.70. The molecular formula is C25H28N2O3. The highest BCUT2D eigenvalue weighted by atomic mass is 16.2. The zero-order valence-electron chi connectivity index (χ0n) is 17.4. The Morgan fingerprint density at radius 2 is 1.53 bits per heavy atom. The Morgan fingerprint density at radius 3 is 2.20 bits per heavy atom. The summed E-state index contributed by atoms with van der Waals surface area (Å²) >= 11 is 0. The highest BCUT2D eigenvalue weighted by molar-refractivity contribution is 6.23. The lowest BCUT2D eigenvalue weighted by atomic mass is 10.00. The van der Waals surface area contributed by atoms with Gasteiger partial charge >= 0.3 is 0 Å². The third-order valence-electron chi connectivity index (χ3n) is 6.30. The summed E-state index contributed by atoms with van der Waals surface area (Å²) in [6.45, 7) is 1.91. The van der Waals surface area contributed by atoms with Gasteiger partial charge in [0.2, 0.25) is 5.91 Å². The van der Waals surface area contributed by atoms with E-state index in [-0.39, 0.29) is 30.2 Å². The molecule has 1 saturated heterocycles. The molecule has 0 N–H and O–H groups in total. The van der Waals surface area contributed by atoms with Crippen LogP contribution in [0.3, 0.4) is 0 Å². The number of hydrogen-bond donors (Lipinski definition) is 0. The van der Waals surface area contributed by atoms with Gasteiger partial charge in [0, 0.05) is 11.6 Å². The van der Waals surface area contributed by atoms with E-state index in [1.54, 1.807) is 17.0 Å². The van der Waals surface area contributed by atoms with Gasteiger partial charge in [-0.25, -0.2) is 4.90 Å². The molecule has 0 bridgehead atoms. The van der Waals surface area contributed by atoms with E-state index in [2.05, 4.69) is 0 Å². The summed E-state index contributed by atoms with van der Waals surface area (Å²) in [6.07, 6.45) is 6.18. The summed E-state index contributed by atoms with van der Waals surface area (Å²) < 4.78 is 0. The van der Waals surface area contributed by atoms with Crippen molar-refractivity contribution in [3.63, 3.8) is 0 Å². The molecule has 1 atom stereocenters. The Hall–Kier alpha value is -2.95. The Kier molecular flexibility index (Phi) is 5.98. The lowest BCUT2D eigenvalue weighted by molar-refractivity contribution is -0.123. The molecule has 1 aliphatic carbocycles. The van der Waals surface area contributed by atoms with Gasteiger partial charge in [-0.15, -0.1) is 0 Å². The minimum atomic E-state index is -0.743. The third kappa shape index (κ3) is 3.89. The van der Waals surface area contributed by atoms with Crippen molar-refractivity contribution < 1.29 is 14.4 Å². The fourth-order valence-corrected chi connectivity index (χ4v) is 4.73. The SMILES string of the molecule is Cc1ccccc1C(=O)N(C1CCCCCC1)C1CC(=O)N(c2ccccc2)C1=O. The van der Waals surface area contributed by atoms with Gasteiger partial charge in [-0.2, -0.15) is 0 Å². The molecule has 156 valence electrons. The van der Waals surface area contributed by atoms with Crippen LogP contribution in [0.2, 0.25) is 0 Å². The number of rotatable bonds is 4. The molecule has 30 heavy (non-hydrogen) atoms. The molecule has 2 aliphatic rings. The van der Waals surface area contributed by atoms with Crippen LogP contribution >= 0.6 is 0 Å². The monoisotopic (exact) mass is 404 g/mol. The van der Waals surface area contributed by atoms with E-state index in [9.17, 15) is 14.4 Å². The number of imide groups is 1. The second kappa shape index (κ2) is 8.82. The lowest BCUT2D eigenvalue weighted by Gasteiger charge is -2.35. The van der Waals surface area contributed by atoms with Gasteiger partial charge in [0.25, 0.3) is 11.8 Å². The molecule has 4 rings (SSSR count). The van der Waals surface area contributed by atoms with Gasteiger partial charge in [0.15, 0.2) is 0 Å². The van der Waals surface area contributed by atoms with Crippen LogP contribution in [0.1, 0.15) is 60.9 Å². The van der Waals surface area contributed by atoms with Crippen molar-refractivity contribution in [2.75, 3.05) is 4.90 Å². The molecule has 1 aliphatic heterocycles. The van der Waals surface area contributed by atoms with E-state index in [1.807, 2.05) is 49.4 Å². The number of hydrogen-bond acceptors (Lipinski definition) is 3. The summed E-state index contributed by atoms with van der Waals surface area (Å²) in [4.78, 5) is 43.0. The first kappa shape index (κ1) is 20.3. The predicted molar refractivity (Wildman–Crippen MR) is 116 cm³/mol. The first-order valence-corrected chi connectivity index (χ1v) is 10.9. The Labute approximate surface area is 177 Å². The largest absolute Gasteiger partial charge is 0.323 e. The van der Waals surface area contributed by atoms with E-state index in [0.717, 1.165) is 44.1 Å². The molecule has 1 heterocycles. The molecule has 1 saturated carbocycles. The van der Waals surface area contributed by atoms with E-state index < -0.39 is 6.04 Å². The fourth-order valence-electron chi connectivity index (χ4n) is 4.73. The van der Waals surface area contributed by atoms with Gasteiger partial charge in [-0.05, 0) is 43.5 Å². The molecule has 0 radical (unpaired) electrons. The van der Waals surface area contributed by atoms with E-state index in [1.165, 1.54) is 4.90 Å². The van der Waals surface area contributed by atoms with Crippen LogP contribution in [0.5, 0.6) is 0 Å². The normalized spacial score (nSPS) is 20.3. The van der Waals surface area contributed by atoms with Crippen LogP contribution in [0.25, 0.3) is 0 Å². The maximum atomic E-state index is 13.7. The Bertz CT molecular complexity index is 932. The zero-order valence-corrected chi connectivity index (χ0v) is 17.4. The summed E-state index contributed by atoms with van der Waals surface area (Å²) in [5.74, 6) is -0.675. The summed E-state index contributed by atoms with van der Waals surface area (Å²) in [6, 6.07) is 15.7. The van der Waals surface area contributed by atoms with Crippen LogP contribution < -0.4 is 4.90 Å². The van der Waals surface area contributed by atoms with Crippen LogP contribution in [-0.2, 0) is 9.59 Å². The minimum Gasteiger partial charge on any atom is -0.323 e. The molecule has 1 unspecified atom stereocenters. The van der Waals surface area contributed by atoms with Crippen molar-refractivity contribution in [3.05, 3.63) is 65.7 Å². The number of nitrogens with zero attached hydrogens (tertiary/aromatic N) is 2. The molecule has 2 aromatic rings. The summed E-state index contributed by atoms with van der Waals surface area (Å²) in [5.41, 5.74) is 2.07. The van der Waals surface area contributed by atoms with Gasteiger partial charge in [0.1, 0.15) is 6.04 Å². The number of benzene rings is 2. The lowest BCUT2D eigenvalue weighted by Crippen LogP contribution is -2.50. The van der Waals surface area contributed by atoms with Gasteiger partial charge in [-0.1, -0.05) is 62.1 Å². The zero-order chi connectivity index (χ0) is 21.1. The Morgan fingerprint density at radius 1 is 0.900 bits per heavy atom. The van der Waals surface area contributed by atoms with Crippen molar-refractivity contribution in [2.24, 2.45) is 0 Å². The molecular weight excluding hydrogens is 376 g/mol.